The predicted molar refractivity (Wildman–Crippen MR) is 95.6 cm³/mol. The number of hydrogen-bond acceptors (Lipinski definition) is 3. The van der Waals surface area contributed by atoms with Crippen LogP contribution in [0.5, 0.6) is 0 Å². The van der Waals surface area contributed by atoms with Crippen LogP contribution < -0.4 is 5.32 Å². The van der Waals surface area contributed by atoms with E-state index in [1.54, 1.807) is 28.4 Å². The lowest BCUT2D eigenvalue weighted by molar-refractivity contribution is -0.128. The van der Waals surface area contributed by atoms with E-state index in [4.69, 9.17) is 0 Å². The Bertz CT molecular complexity index is 716. The molecule has 0 saturated carbocycles. The third-order valence-corrected chi connectivity index (χ3v) is 5.21. The number of carbonyl (C=O) groups excluding carboxylic acids is 2. The van der Waals surface area contributed by atoms with Gasteiger partial charge in [0.2, 0.25) is 11.8 Å². The topological polar surface area (TPSA) is 49.4 Å². The molecule has 0 aliphatic carbocycles. The van der Waals surface area contributed by atoms with E-state index in [0.717, 1.165) is 18.4 Å². The molecule has 4 nitrogen and oxygen atoms in total. The zero-order valence-electron chi connectivity index (χ0n) is 13.9. The summed E-state index contributed by atoms with van der Waals surface area (Å²) < 4.78 is 12.9. The molecule has 1 aromatic carbocycles. The molecule has 1 saturated heterocycles. The van der Waals surface area contributed by atoms with E-state index in [9.17, 15) is 14.0 Å². The fourth-order valence-corrected chi connectivity index (χ4v) is 3.76. The van der Waals surface area contributed by atoms with Crippen molar-refractivity contribution < 1.29 is 14.0 Å². The molecule has 1 N–H and O–H groups in total. The van der Waals surface area contributed by atoms with E-state index in [1.165, 1.54) is 17.0 Å². The van der Waals surface area contributed by atoms with Gasteiger partial charge in [-0.05, 0) is 42.0 Å². The maximum absolute atomic E-state index is 12.9. The summed E-state index contributed by atoms with van der Waals surface area (Å²) in [5, 5.41) is 4.99. The maximum atomic E-state index is 12.9. The van der Waals surface area contributed by atoms with E-state index in [1.807, 2.05) is 11.4 Å². The SMILES string of the molecule is O=C(CCCc1cccs1)N[C@@H]1CC(=O)N(Cc2ccc(F)cc2)C1. The molecule has 2 heterocycles. The highest BCUT2D eigenvalue weighted by molar-refractivity contribution is 7.09. The number of nitrogens with one attached hydrogen (secondary N) is 1. The van der Waals surface area contributed by atoms with Crippen molar-refractivity contribution >= 4 is 23.2 Å². The van der Waals surface area contributed by atoms with Crippen LogP contribution in [0.2, 0.25) is 0 Å². The summed E-state index contributed by atoms with van der Waals surface area (Å²) >= 11 is 1.70. The molecule has 0 spiro atoms. The van der Waals surface area contributed by atoms with E-state index < -0.39 is 0 Å². The van der Waals surface area contributed by atoms with Crippen LogP contribution in [0.4, 0.5) is 4.39 Å². The van der Waals surface area contributed by atoms with Gasteiger partial charge in [0.25, 0.3) is 0 Å². The van der Waals surface area contributed by atoms with Gasteiger partial charge in [-0.1, -0.05) is 18.2 Å². The lowest BCUT2D eigenvalue weighted by Gasteiger charge is -2.17. The Hall–Kier alpha value is -2.21. The van der Waals surface area contributed by atoms with Gasteiger partial charge < -0.3 is 10.2 Å². The zero-order valence-corrected chi connectivity index (χ0v) is 14.7. The summed E-state index contributed by atoms with van der Waals surface area (Å²) in [6, 6.07) is 10.1. The number of halogens is 1. The number of rotatable bonds is 7. The molecular weight excluding hydrogens is 339 g/mol. The number of amides is 2. The van der Waals surface area contributed by atoms with Crippen molar-refractivity contribution in [2.24, 2.45) is 0 Å². The molecule has 3 rings (SSSR count). The number of nitrogens with zero attached hydrogens (tertiary/aromatic N) is 1. The number of carbonyl (C=O) groups is 2. The quantitative estimate of drug-likeness (QED) is 0.825. The summed E-state index contributed by atoms with van der Waals surface area (Å²) in [7, 11) is 0. The molecule has 1 aliphatic rings. The van der Waals surface area contributed by atoms with Gasteiger partial charge in [0.15, 0.2) is 0 Å². The summed E-state index contributed by atoms with van der Waals surface area (Å²) in [5.74, 6) is -0.268. The van der Waals surface area contributed by atoms with E-state index >= 15 is 0 Å². The van der Waals surface area contributed by atoms with Crippen molar-refractivity contribution in [3.8, 4) is 0 Å². The smallest absolute Gasteiger partial charge is 0.225 e. The van der Waals surface area contributed by atoms with Crippen LogP contribution in [0, 0.1) is 5.82 Å². The zero-order chi connectivity index (χ0) is 17.6. The van der Waals surface area contributed by atoms with Crippen molar-refractivity contribution in [3.63, 3.8) is 0 Å². The summed E-state index contributed by atoms with van der Waals surface area (Å²) in [5.41, 5.74) is 0.887. The Morgan fingerprint density at radius 1 is 1.28 bits per heavy atom. The first-order valence-electron chi connectivity index (χ1n) is 8.44. The highest BCUT2D eigenvalue weighted by Gasteiger charge is 2.30. The molecule has 6 heteroatoms. The number of thiophene rings is 1. The van der Waals surface area contributed by atoms with Crippen LogP contribution in [0.25, 0.3) is 0 Å². The average Bonchev–Trinajstić information content (AvgIpc) is 3.20. The van der Waals surface area contributed by atoms with Crippen LogP contribution >= 0.6 is 11.3 Å². The number of hydrogen-bond donors (Lipinski definition) is 1. The maximum Gasteiger partial charge on any atom is 0.225 e. The Labute approximate surface area is 150 Å². The third kappa shape index (κ3) is 5.13. The molecule has 1 aliphatic heterocycles. The van der Waals surface area contributed by atoms with E-state index in [2.05, 4.69) is 11.4 Å². The van der Waals surface area contributed by atoms with Gasteiger partial charge in [0.05, 0.1) is 6.04 Å². The first kappa shape index (κ1) is 17.6. The fraction of sp³-hybridized carbons (Fsp3) is 0.368. The summed E-state index contributed by atoms with van der Waals surface area (Å²) in [6.45, 7) is 0.955. The van der Waals surface area contributed by atoms with Crippen molar-refractivity contribution in [3.05, 3.63) is 58.0 Å². The number of likely N-dealkylation sites (tertiary alicyclic amines) is 1. The van der Waals surface area contributed by atoms with Gasteiger partial charge in [-0.15, -0.1) is 11.3 Å². The Morgan fingerprint density at radius 2 is 2.08 bits per heavy atom. The molecule has 0 radical (unpaired) electrons. The molecule has 1 atom stereocenters. The van der Waals surface area contributed by atoms with Crippen molar-refractivity contribution in [2.75, 3.05) is 6.54 Å². The minimum Gasteiger partial charge on any atom is -0.351 e. The molecular formula is C19H21FN2O2S. The Kier molecular flexibility index (Phi) is 5.81. The van der Waals surface area contributed by atoms with Gasteiger partial charge in [-0.2, -0.15) is 0 Å². The van der Waals surface area contributed by atoms with Crippen molar-refractivity contribution in [1.29, 1.82) is 0 Å². The second-order valence-electron chi connectivity index (χ2n) is 6.30. The lowest BCUT2D eigenvalue weighted by atomic mass is 10.2. The van der Waals surface area contributed by atoms with E-state index in [-0.39, 0.29) is 23.7 Å². The summed E-state index contributed by atoms with van der Waals surface area (Å²) in [6.07, 6.45) is 2.52. The Morgan fingerprint density at radius 3 is 2.80 bits per heavy atom. The van der Waals surface area contributed by atoms with Crippen LogP contribution in [0.1, 0.15) is 29.7 Å². The van der Waals surface area contributed by atoms with Gasteiger partial charge >= 0.3 is 0 Å². The monoisotopic (exact) mass is 360 g/mol. The fourth-order valence-electron chi connectivity index (χ4n) is 3.01. The van der Waals surface area contributed by atoms with Crippen molar-refractivity contribution in [2.45, 2.75) is 38.3 Å². The normalized spacial score (nSPS) is 17.1. The molecule has 0 bridgehead atoms. The second-order valence-corrected chi connectivity index (χ2v) is 7.33. The molecule has 2 aromatic rings. The molecule has 0 unspecified atom stereocenters. The molecule has 2 amide bonds. The third-order valence-electron chi connectivity index (χ3n) is 4.27. The number of aryl methyl sites for hydroxylation is 1. The molecule has 25 heavy (non-hydrogen) atoms. The highest BCUT2D eigenvalue weighted by atomic mass is 32.1. The number of benzene rings is 1. The predicted octanol–water partition coefficient (Wildman–Crippen LogP) is 3.13. The highest BCUT2D eigenvalue weighted by Crippen LogP contribution is 2.16. The standard InChI is InChI=1S/C19H21FN2O2S/c20-15-8-6-14(7-9-15)12-22-13-16(11-19(22)24)21-18(23)5-1-3-17-4-2-10-25-17/h2,4,6-10,16H,1,3,5,11-13H2,(H,21,23)/t16-/m1/s1. The van der Waals surface area contributed by atoms with Gasteiger partial charge in [0.1, 0.15) is 5.82 Å². The summed E-state index contributed by atoms with van der Waals surface area (Å²) in [4.78, 5) is 27.2. The van der Waals surface area contributed by atoms with Gasteiger partial charge in [-0.3, -0.25) is 9.59 Å². The average molecular weight is 360 g/mol. The minimum atomic E-state index is -0.288. The van der Waals surface area contributed by atoms with Crippen LogP contribution in [-0.2, 0) is 22.6 Å². The molecule has 1 fully saturated rings. The molecule has 1 aromatic heterocycles. The van der Waals surface area contributed by atoms with Crippen LogP contribution in [0.15, 0.2) is 41.8 Å². The Balaban J connectivity index is 1.42. The van der Waals surface area contributed by atoms with Crippen LogP contribution in [-0.4, -0.2) is 29.3 Å². The van der Waals surface area contributed by atoms with Crippen LogP contribution in [0.3, 0.4) is 0 Å². The first-order chi connectivity index (χ1) is 12.1. The lowest BCUT2D eigenvalue weighted by Crippen LogP contribution is -2.36. The van der Waals surface area contributed by atoms with Crippen molar-refractivity contribution in [1.82, 2.24) is 10.2 Å². The van der Waals surface area contributed by atoms with E-state index in [0.29, 0.717) is 25.9 Å². The largest absolute Gasteiger partial charge is 0.351 e. The molecule has 132 valence electrons. The first-order valence-corrected chi connectivity index (χ1v) is 9.32. The van der Waals surface area contributed by atoms with Gasteiger partial charge in [0, 0.05) is 30.8 Å². The minimum absolute atomic E-state index is 0.00186. The van der Waals surface area contributed by atoms with Gasteiger partial charge in [-0.25, -0.2) is 4.39 Å². The second kappa shape index (κ2) is 8.25.